The second-order valence-electron chi connectivity index (χ2n) is 6.67. The van der Waals surface area contributed by atoms with Crippen LogP contribution in [0.3, 0.4) is 0 Å². The fourth-order valence-corrected chi connectivity index (χ4v) is 2.37. The fraction of sp³-hybridized carbons (Fsp3) is 0.562. The van der Waals surface area contributed by atoms with Crippen LogP contribution in [-0.4, -0.2) is 11.7 Å². The molecule has 1 fully saturated rings. The van der Waals surface area contributed by atoms with E-state index in [1.54, 1.807) is 0 Å². The van der Waals surface area contributed by atoms with Gasteiger partial charge in [-0.15, -0.1) is 0 Å². The van der Waals surface area contributed by atoms with E-state index in [-0.39, 0.29) is 5.54 Å². The predicted octanol–water partition coefficient (Wildman–Crippen LogP) is 3.68. The SMILES string of the molecule is Cc1cc(C2(N)CCC2)ccc1NC(=O)OC(C)(C)C. The molecule has 0 atom stereocenters. The van der Waals surface area contributed by atoms with Crippen LogP contribution < -0.4 is 11.1 Å². The Balaban J connectivity index is 2.08. The number of carbonyl (C=O) groups is 1. The number of rotatable bonds is 2. The number of carbonyl (C=O) groups excluding carboxylic acids is 1. The lowest BCUT2D eigenvalue weighted by Crippen LogP contribution is -2.43. The maximum atomic E-state index is 11.8. The molecule has 1 aromatic carbocycles. The van der Waals surface area contributed by atoms with Crippen LogP contribution in [0.15, 0.2) is 18.2 Å². The molecule has 4 nitrogen and oxygen atoms in total. The molecule has 0 radical (unpaired) electrons. The van der Waals surface area contributed by atoms with Crippen molar-refractivity contribution in [3.63, 3.8) is 0 Å². The molecule has 0 aromatic heterocycles. The van der Waals surface area contributed by atoms with Crippen molar-refractivity contribution in [2.75, 3.05) is 5.32 Å². The van der Waals surface area contributed by atoms with Gasteiger partial charge in [0.1, 0.15) is 5.60 Å². The van der Waals surface area contributed by atoms with Gasteiger partial charge in [-0.25, -0.2) is 4.79 Å². The summed E-state index contributed by atoms with van der Waals surface area (Å²) in [5.41, 5.74) is 8.57. The number of nitrogens with one attached hydrogen (secondary N) is 1. The van der Waals surface area contributed by atoms with E-state index in [4.69, 9.17) is 10.5 Å². The molecule has 0 spiro atoms. The molecule has 0 aliphatic heterocycles. The summed E-state index contributed by atoms with van der Waals surface area (Å²) in [5, 5.41) is 2.78. The standard InChI is InChI=1S/C16H24N2O2/c1-11-10-12(16(17)8-5-9-16)6-7-13(11)18-14(19)20-15(2,3)4/h6-7,10H,5,8-9,17H2,1-4H3,(H,18,19). The van der Waals surface area contributed by atoms with Crippen molar-refractivity contribution in [1.82, 2.24) is 0 Å². The highest BCUT2D eigenvalue weighted by Crippen LogP contribution is 2.39. The Kier molecular flexibility index (Phi) is 3.78. The number of anilines is 1. The highest BCUT2D eigenvalue weighted by molar-refractivity contribution is 5.86. The normalized spacial score (nSPS) is 17.2. The molecule has 1 saturated carbocycles. The Morgan fingerprint density at radius 2 is 2.00 bits per heavy atom. The topological polar surface area (TPSA) is 64.3 Å². The van der Waals surface area contributed by atoms with Crippen LogP contribution in [-0.2, 0) is 10.3 Å². The molecule has 0 saturated heterocycles. The number of nitrogens with two attached hydrogens (primary N) is 1. The van der Waals surface area contributed by atoms with Crippen LogP contribution in [0.5, 0.6) is 0 Å². The molecule has 0 unspecified atom stereocenters. The number of hydrogen-bond acceptors (Lipinski definition) is 3. The van der Waals surface area contributed by atoms with Crippen molar-refractivity contribution in [2.24, 2.45) is 5.73 Å². The van der Waals surface area contributed by atoms with Crippen molar-refractivity contribution in [3.05, 3.63) is 29.3 Å². The minimum atomic E-state index is -0.495. The van der Waals surface area contributed by atoms with Gasteiger partial charge < -0.3 is 10.5 Å². The summed E-state index contributed by atoms with van der Waals surface area (Å²) in [6, 6.07) is 5.96. The van der Waals surface area contributed by atoms with Gasteiger partial charge in [-0.3, -0.25) is 5.32 Å². The maximum absolute atomic E-state index is 11.8. The van der Waals surface area contributed by atoms with E-state index in [9.17, 15) is 4.79 Å². The second kappa shape index (κ2) is 5.09. The van der Waals surface area contributed by atoms with Crippen LogP contribution in [0.25, 0.3) is 0 Å². The monoisotopic (exact) mass is 276 g/mol. The van der Waals surface area contributed by atoms with E-state index in [0.717, 1.165) is 29.7 Å². The fourth-order valence-electron chi connectivity index (χ4n) is 2.37. The molecule has 1 aromatic rings. The minimum absolute atomic E-state index is 0.171. The Labute approximate surface area is 120 Å². The zero-order valence-electron chi connectivity index (χ0n) is 12.7. The number of aryl methyl sites for hydroxylation is 1. The molecule has 3 N–H and O–H groups in total. The van der Waals surface area contributed by atoms with Crippen LogP contribution in [0.4, 0.5) is 10.5 Å². The highest BCUT2D eigenvalue weighted by atomic mass is 16.6. The van der Waals surface area contributed by atoms with Crippen molar-refractivity contribution in [2.45, 2.75) is 58.1 Å². The maximum Gasteiger partial charge on any atom is 0.412 e. The van der Waals surface area contributed by atoms with Crippen molar-refractivity contribution in [3.8, 4) is 0 Å². The average Bonchev–Trinajstić information content (AvgIpc) is 2.26. The molecule has 1 amide bonds. The molecule has 4 heteroatoms. The Hall–Kier alpha value is -1.55. The summed E-state index contributed by atoms with van der Waals surface area (Å²) in [5.74, 6) is 0. The lowest BCUT2D eigenvalue weighted by Gasteiger charge is -2.39. The van der Waals surface area contributed by atoms with Gasteiger partial charge >= 0.3 is 6.09 Å². The summed E-state index contributed by atoms with van der Waals surface area (Å²) in [6.45, 7) is 7.50. The molecular formula is C16H24N2O2. The third-order valence-electron chi connectivity index (χ3n) is 3.68. The molecule has 2 rings (SSSR count). The average molecular weight is 276 g/mol. The van der Waals surface area contributed by atoms with E-state index in [1.165, 1.54) is 6.42 Å². The Bertz CT molecular complexity index is 514. The highest BCUT2D eigenvalue weighted by Gasteiger charge is 2.34. The van der Waals surface area contributed by atoms with Gasteiger partial charge in [0.15, 0.2) is 0 Å². The second-order valence-corrected chi connectivity index (χ2v) is 6.67. The van der Waals surface area contributed by atoms with Gasteiger partial charge in [-0.1, -0.05) is 12.1 Å². The molecule has 0 heterocycles. The van der Waals surface area contributed by atoms with Gasteiger partial charge in [0.2, 0.25) is 0 Å². The van der Waals surface area contributed by atoms with E-state index >= 15 is 0 Å². The first-order chi connectivity index (χ1) is 9.20. The molecule has 1 aliphatic carbocycles. The minimum Gasteiger partial charge on any atom is -0.444 e. The van der Waals surface area contributed by atoms with Gasteiger partial charge in [0.25, 0.3) is 0 Å². The van der Waals surface area contributed by atoms with Crippen molar-refractivity contribution >= 4 is 11.8 Å². The molecule has 1 aliphatic rings. The van der Waals surface area contributed by atoms with Crippen LogP contribution in [0.1, 0.15) is 51.2 Å². The van der Waals surface area contributed by atoms with E-state index in [2.05, 4.69) is 11.4 Å². The number of benzene rings is 1. The first kappa shape index (κ1) is 14.9. The number of hydrogen-bond donors (Lipinski definition) is 2. The van der Waals surface area contributed by atoms with Crippen LogP contribution in [0.2, 0.25) is 0 Å². The first-order valence-electron chi connectivity index (χ1n) is 7.10. The van der Waals surface area contributed by atoms with Gasteiger partial charge in [-0.2, -0.15) is 0 Å². The van der Waals surface area contributed by atoms with Crippen LogP contribution >= 0.6 is 0 Å². The van der Waals surface area contributed by atoms with Gasteiger partial charge in [0, 0.05) is 11.2 Å². The lowest BCUT2D eigenvalue weighted by atomic mass is 9.72. The Morgan fingerprint density at radius 1 is 1.35 bits per heavy atom. The summed E-state index contributed by atoms with van der Waals surface area (Å²) < 4.78 is 5.25. The molecule has 0 bridgehead atoms. The lowest BCUT2D eigenvalue weighted by molar-refractivity contribution is 0.0636. The number of amides is 1. The summed E-state index contributed by atoms with van der Waals surface area (Å²) in [7, 11) is 0. The quantitative estimate of drug-likeness (QED) is 0.866. The zero-order valence-corrected chi connectivity index (χ0v) is 12.7. The van der Waals surface area contributed by atoms with Crippen LogP contribution in [0, 0.1) is 6.92 Å². The predicted molar refractivity (Wildman–Crippen MR) is 80.8 cm³/mol. The first-order valence-corrected chi connectivity index (χ1v) is 7.10. The molecule has 20 heavy (non-hydrogen) atoms. The summed E-state index contributed by atoms with van der Waals surface area (Å²) in [6.07, 6.45) is 2.82. The zero-order chi connectivity index (χ0) is 15.0. The third kappa shape index (κ3) is 3.31. The smallest absolute Gasteiger partial charge is 0.412 e. The van der Waals surface area contributed by atoms with E-state index < -0.39 is 11.7 Å². The van der Waals surface area contributed by atoms with Crippen molar-refractivity contribution < 1.29 is 9.53 Å². The Morgan fingerprint density at radius 3 is 2.45 bits per heavy atom. The largest absolute Gasteiger partial charge is 0.444 e. The number of ether oxygens (including phenoxy) is 1. The van der Waals surface area contributed by atoms with E-state index in [0.29, 0.717) is 0 Å². The molecular weight excluding hydrogens is 252 g/mol. The van der Waals surface area contributed by atoms with Gasteiger partial charge in [-0.05, 0) is 64.2 Å². The van der Waals surface area contributed by atoms with Crippen molar-refractivity contribution in [1.29, 1.82) is 0 Å². The third-order valence-corrected chi connectivity index (χ3v) is 3.68. The summed E-state index contributed by atoms with van der Waals surface area (Å²) in [4.78, 5) is 11.8. The van der Waals surface area contributed by atoms with E-state index in [1.807, 2.05) is 39.8 Å². The summed E-state index contributed by atoms with van der Waals surface area (Å²) >= 11 is 0. The molecule has 110 valence electrons. The van der Waals surface area contributed by atoms with Gasteiger partial charge in [0.05, 0.1) is 0 Å².